The molecule has 1 fully saturated rings. The summed E-state index contributed by atoms with van der Waals surface area (Å²) in [4.78, 5) is 33.3. The lowest BCUT2D eigenvalue weighted by atomic mass is 10.1. The average molecular weight is 546 g/mol. The van der Waals surface area contributed by atoms with Crippen LogP contribution in [-0.2, 0) is 10.0 Å². The van der Waals surface area contributed by atoms with E-state index in [4.69, 9.17) is 4.74 Å². The molecule has 1 aliphatic heterocycles. The number of anilines is 2. The molecular weight excluding hydrogens is 518 g/mol. The quantitative estimate of drug-likeness (QED) is 0.377. The number of aromatic nitrogens is 1. The number of methoxy groups -OCH3 is 1. The van der Waals surface area contributed by atoms with Gasteiger partial charge in [0.15, 0.2) is 0 Å². The standard InChI is InChI=1S/C28H27N5O5S/c1-38-24-13-11-22(12-14-24)30-28(35)33-18-16-32(17-19-33)27(34)21-7-9-23(10-8-21)31-39(36,37)25-6-2-4-20-5-3-15-29-26(20)25/h2-15,31H,16-19H2,1H3,(H,30,35). The molecule has 0 aliphatic carbocycles. The van der Waals surface area contributed by atoms with Crippen LogP contribution in [0.1, 0.15) is 10.4 Å². The van der Waals surface area contributed by atoms with Gasteiger partial charge in [-0.15, -0.1) is 0 Å². The number of carbonyl (C=O) groups excluding carboxylic acids is 2. The molecule has 11 heteroatoms. The van der Waals surface area contributed by atoms with Gasteiger partial charge in [0.2, 0.25) is 0 Å². The van der Waals surface area contributed by atoms with Gasteiger partial charge in [-0.25, -0.2) is 13.2 Å². The highest BCUT2D eigenvalue weighted by Gasteiger charge is 2.25. The summed E-state index contributed by atoms with van der Waals surface area (Å²) in [5.41, 5.74) is 1.81. The fraction of sp³-hybridized carbons (Fsp3) is 0.179. The molecule has 0 bridgehead atoms. The topological polar surface area (TPSA) is 121 Å². The number of hydrogen-bond donors (Lipinski definition) is 2. The molecule has 0 atom stereocenters. The Morgan fingerprint density at radius 1 is 0.821 bits per heavy atom. The van der Waals surface area contributed by atoms with Gasteiger partial charge in [-0.2, -0.15) is 0 Å². The van der Waals surface area contributed by atoms with E-state index in [2.05, 4.69) is 15.0 Å². The number of sulfonamides is 1. The van der Waals surface area contributed by atoms with Crippen molar-refractivity contribution < 1.29 is 22.7 Å². The van der Waals surface area contributed by atoms with Gasteiger partial charge in [0.05, 0.1) is 12.6 Å². The van der Waals surface area contributed by atoms with E-state index in [1.807, 2.05) is 0 Å². The van der Waals surface area contributed by atoms with Gasteiger partial charge in [-0.3, -0.25) is 14.5 Å². The molecule has 5 rings (SSSR count). The summed E-state index contributed by atoms with van der Waals surface area (Å²) in [6, 6.07) is 21.6. The first kappa shape index (κ1) is 26.0. The molecule has 0 unspecified atom stereocenters. The average Bonchev–Trinajstić information content (AvgIpc) is 2.97. The maximum atomic E-state index is 13.0. The highest BCUT2D eigenvalue weighted by atomic mass is 32.2. The van der Waals surface area contributed by atoms with Crippen molar-refractivity contribution in [3.8, 4) is 5.75 Å². The molecule has 10 nitrogen and oxygen atoms in total. The van der Waals surface area contributed by atoms with Crippen LogP contribution in [0.3, 0.4) is 0 Å². The van der Waals surface area contributed by atoms with Crippen molar-refractivity contribution in [1.82, 2.24) is 14.8 Å². The Labute approximate surface area is 226 Å². The van der Waals surface area contributed by atoms with E-state index >= 15 is 0 Å². The summed E-state index contributed by atoms with van der Waals surface area (Å²) in [6.45, 7) is 1.56. The van der Waals surface area contributed by atoms with Gasteiger partial charge >= 0.3 is 6.03 Å². The van der Waals surface area contributed by atoms with E-state index in [0.29, 0.717) is 54.4 Å². The maximum Gasteiger partial charge on any atom is 0.321 e. The Morgan fingerprint density at radius 3 is 2.15 bits per heavy atom. The normalized spacial score (nSPS) is 13.7. The second-order valence-corrected chi connectivity index (χ2v) is 10.6. The van der Waals surface area contributed by atoms with Gasteiger partial charge in [-0.05, 0) is 60.7 Å². The first-order valence-corrected chi connectivity index (χ1v) is 13.8. The number of carbonyl (C=O) groups is 2. The zero-order valence-corrected chi connectivity index (χ0v) is 22.0. The minimum Gasteiger partial charge on any atom is -0.497 e. The predicted octanol–water partition coefficient (Wildman–Crippen LogP) is 4.03. The summed E-state index contributed by atoms with van der Waals surface area (Å²) in [7, 11) is -2.31. The minimum atomic E-state index is -3.89. The zero-order chi connectivity index (χ0) is 27.4. The monoisotopic (exact) mass is 545 g/mol. The zero-order valence-electron chi connectivity index (χ0n) is 21.2. The summed E-state index contributed by atoms with van der Waals surface area (Å²) in [6.07, 6.45) is 1.55. The van der Waals surface area contributed by atoms with Gasteiger partial charge in [0.1, 0.15) is 10.6 Å². The molecule has 2 heterocycles. The summed E-state index contributed by atoms with van der Waals surface area (Å²) in [5, 5.41) is 3.57. The predicted molar refractivity (Wildman–Crippen MR) is 148 cm³/mol. The fourth-order valence-electron chi connectivity index (χ4n) is 4.36. The van der Waals surface area contributed by atoms with Crippen LogP contribution in [0.5, 0.6) is 5.75 Å². The van der Waals surface area contributed by atoms with Crippen LogP contribution in [0.15, 0.2) is 90.0 Å². The number of nitrogens with zero attached hydrogens (tertiary/aromatic N) is 3. The van der Waals surface area contributed by atoms with Crippen LogP contribution in [0.2, 0.25) is 0 Å². The fourth-order valence-corrected chi connectivity index (χ4v) is 5.60. The van der Waals surface area contributed by atoms with Gasteiger partial charge in [0, 0.05) is 54.7 Å². The number of piperazine rings is 1. The van der Waals surface area contributed by atoms with E-state index in [0.717, 1.165) is 5.39 Å². The molecule has 1 saturated heterocycles. The Hall–Kier alpha value is -4.64. The Kier molecular flexibility index (Phi) is 7.33. The molecule has 0 saturated carbocycles. The van der Waals surface area contributed by atoms with E-state index in [1.54, 1.807) is 95.9 Å². The third-order valence-corrected chi connectivity index (χ3v) is 7.88. The van der Waals surface area contributed by atoms with Crippen LogP contribution in [0, 0.1) is 0 Å². The summed E-state index contributed by atoms with van der Waals surface area (Å²) >= 11 is 0. The van der Waals surface area contributed by atoms with E-state index in [9.17, 15) is 18.0 Å². The number of benzene rings is 3. The summed E-state index contributed by atoms with van der Waals surface area (Å²) in [5.74, 6) is 0.519. The molecule has 0 radical (unpaired) electrons. The highest BCUT2D eigenvalue weighted by Crippen LogP contribution is 2.24. The SMILES string of the molecule is COc1ccc(NC(=O)N2CCN(C(=O)c3ccc(NS(=O)(=O)c4cccc5cccnc45)cc3)CC2)cc1. The van der Waals surface area contributed by atoms with E-state index in [-0.39, 0.29) is 16.8 Å². The first-order valence-electron chi connectivity index (χ1n) is 12.3. The lowest BCUT2D eigenvalue weighted by Crippen LogP contribution is -2.51. The van der Waals surface area contributed by atoms with Gasteiger partial charge < -0.3 is 19.9 Å². The number of ether oxygens (including phenoxy) is 1. The van der Waals surface area contributed by atoms with E-state index < -0.39 is 10.0 Å². The van der Waals surface area contributed by atoms with Crippen LogP contribution < -0.4 is 14.8 Å². The lowest BCUT2D eigenvalue weighted by molar-refractivity contribution is 0.0671. The second-order valence-electron chi connectivity index (χ2n) is 8.95. The molecule has 4 aromatic rings. The number of pyridine rings is 1. The third-order valence-electron chi connectivity index (χ3n) is 6.46. The third kappa shape index (κ3) is 5.78. The number of nitrogens with one attached hydrogen (secondary N) is 2. The van der Waals surface area contributed by atoms with Crippen LogP contribution in [0.25, 0.3) is 10.9 Å². The largest absolute Gasteiger partial charge is 0.497 e. The first-order chi connectivity index (χ1) is 18.8. The molecule has 3 aromatic carbocycles. The van der Waals surface area contributed by atoms with E-state index in [1.165, 1.54) is 6.07 Å². The smallest absolute Gasteiger partial charge is 0.321 e. The van der Waals surface area contributed by atoms with Crippen molar-refractivity contribution in [3.05, 3.63) is 90.6 Å². The van der Waals surface area contributed by atoms with Crippen molar-refractivity contribution in [2.75, 3.05) is 43.3 Å². The van der Waals surface area contributed by atoms with Crippen molar-refractivity contribution in [1.29, 1.82) is 0 Å². The highest BCUT2D eigenvalue weighted by molar-refractivity contribution is 7.93. The number of amides is 3. The number of urea groups is 1. The lowest BCUT2D eigenvalue weighted by Gasteiger charge is -2.34. The van der Waals surface area contributed by atoms with Crippen molar-refractivity contribution in [2.45, 2.75) is 4.90 Å². The van der Waals surface area contributed by atoms with Crippen LogP contribution >= 0.6 is 0 Å². The molecule has 1 aliphatic rings. The summed E-state index contributed by atoms with van der Waals surface area (Å²) < 4.78 is 33.8. The van der Waals surface area contributed by atoms with Gasteiger partial charge in [0.25, 0.3) is 15.9 Å². The molecule has 1 aromatic heterocycles. The Morgan fingerprint density at radius 2 is 1.46 bits per heavy atom. The molecule has 0 spiro atoms. The minimum absolute atomic E-state index is 0.0784. The number of fused-ring (bicyclic) bond motifs is 1. The molecule has 3 amide bonds. The van der Waals surface area contributed by atoms with Gasteiger partial charge in [-0.1, -0.05) is 18.2 Å². The maximum absolute atomic E-state index is 13.0. The Bertz CT molecular complexity index is 1590. The van der Waals surface area contributed by atoms with Crippen molar-refractivity contribution >= 4 is 44.2 Å². The molecule has 200 valence electrons. The second kappa shape index (κ2) is 11.0. The number of rotatable bonds is 6. The Balaban J connectivity index is 1.18. The van der Waals surface area contributed by atoms with Crippen LogP contribution in [-0.4, -0.2) is 68.4 Å². The van der Waals surface area contributed by atoms with Crippen molar-refractivity contribution in [2.24, 2.45) is 0 Å². The van der Waals surface area contributed by atoms with Crippen LogP contribution in [0.4, 0.5) is 16.2 Å². The number of para-hydroxylation sites is 1. The molecule has 2 N–H and O–H groups in total. The molecule has 39 heavy (non-hydrogen) atoms. The van der Waals surface area contributed by atoms with Crippen molar-refractivity contribution in [3.63, 3.8) is 0 Å². The number of hydrogen-bond acceptors (Lipinski definition) is 6. The molecular formula is C28H27N5O5S.